The van der Waals surface area contributed by atoms with Crippen molar-refractivity contribution >= 4 is 0 Å². The van der Waals surface area contributed by atoms with Crippen LogP contribution in [0.2, 0.25) is 0 Å². The van der Waals surface area contributed by atoms with E-state index in [4.69, 9.17) is 4.74 Å². The van der Waals surface area contributed by atoms with Gasteiger partial charge in [-0.1, -0.05) is 24.2 Å². The summed E-state index contributed by atoms with van der Waals surface area (Å²) in [4.78, 5) is 0. The van der Waals surface area contributed by atoms with Gasteiger partial charge in [-0.15, -0.1) is 0 Å². The summed E-state index contributed by atoms with van der Waals surface area (Å²) < 4.78 is 6.91. The molecule has 0 unspecified atom stereocenters. The number of rotatable bonds is 3. The second-order valence-electron chi connectivity index (χ2n) is 2.94. The summed E-state index contributed by atoms with van der Waals surface area (Å²) in [7, 11) is 1.81. The Morgan fingerprint density at radius 3 is 2.82 bits per heavy atom. The molecular formula is C7H13N3O. The molecule has 0 aliphatic carbocycles. The number of aromatic nitrogens is 3. The Balaban J connectivity index is 2.39. The molecule has 4 heteroatoms. The number of ether oxygens (including phenoxy) is 1. The highest BCUT2D eigenvalue weighted by atomic mass is 16.5. The molecule has 0 saturated carbocycles. The monoisotopic (exact) mass is 155 g/mol. The lowest BCUT2D eigenvalue weighted by molar-refractivity contribution is 0.261. The number of nitrogens with zero attached hydrogens (tertiary/aromatic N) is 3. The summed E-state index contributed by atoms with van der Waals surface area (Å²) in [6, 6.07) is 0. The first-order valence-electron chi connectivity index (χ1n) is 3.67. The predicted molar refractivity (Wildman–Crippen MR) is 41.3 cm³/mol. The van der Waals surface area contributed by atoms with Crippen LogP contribution in [0.3, 0.4) is 0 Å². The molecule has 0 saturated heterocycles. The van der Waals surface area contributed by atoms with Gasteiger partial charge in [0.15, 0.2) is 0 Å². The molecule has 1 aromatic rings. The van der Waals surface area contributed by atoms with Gasteiger partial charge in [0, 0.05) is 7.05 Å². The first kappa shape index (κ1) is 8.04. The Morgan fingerprint density at radius 2 is 2.36 bits per heavy atom. The lowest BCUT2D eigenvalue weighted by Gasteiger charge is -2.03. The molecular weight excluding hydrogens is 142 g/mol. The Bertz CT molecular complexity index is 219. The van der Waals surface area contributed by atoms with Crippen LogP contribution < -0.4 is 4.74 Å². The summed E-state index contributed by atoms with van der Waals surface area (Å²) in [5.41, 5.74) is 0. The molecule has 0 spiro atoms. The fourth-order valence-corrected chi connectivity index (χ4v) is 0.644. The predicted octanol–water partition coefficient (Wildman–Crippen LogP) is 0.850. The van der Waals surface area contributed by atoms with Gasteiger partial charge in [0.25, 0.3) is 5.88 Å². The normalized spacial score (nSPS) is 10.5. The minimum atomic E-state index is 0.525. The summed E-state index contributed by atoms with van der Waals surface area (Å²) in [6.07, 6.45) is 1.75. The van der Waals surface area contributed by atoms with Crippen LogP contribution in [0.4, 0.5) is 0 Å². The smallest absolute Gasteiger partial charge is 0.253 e. The number of aryl methyl sites for hydroxylation is 1. The van der Waals surface area contributed by atoms with Crippen LogP contribution in [0.5, 0.6) is 5.88 Å². The van der Waals surface area contributed by atoms with E-state index in [1.807, 2.05) is 7.05 Å². The standard InChI is InChI=1S/C7H13N3O/c1-6(2)5-11-7-4-10(3)9-8-7/h4,6H,5H2,1-3H3. The van der Waals surface area contributed by atoms with Gasteiger partial charge in [-0.25, -0.2) is 0 Å². The van der Waals surface area contributed by atoms with Gasteiger partial charge in [0.1, 0.15) is 0 Å². The molecule has 0 aliphatic heterocycles. The SMILES string of the molecule is CC(C)COc1cn(C)nn1. The van der Waals surface area contributed by atoms with Crippen LogP contribution in [0.15, 0.2) is 6.20 Å². The molecule has 0 amide bonds. The number of hydrogen-bond acceptors (Lipinski definition) is 3. The van der Waals surface area contributed by atoms with E-state index in [2.05, 4.69) is 24.2 Å². The Kier molecular flexibility index (Phi) is 2.46. The second kappa shape index (κ2) is 3.37. The van der Waals surface area contributed by atoms with Crippen molar-refractivity contribution < 1.29 is 4.74 Å². The van der Waals surface area contributed by atoms with Gasteiger partial charge in [-0.05, 0) is 5.92 Å². The van der Waals surface area contributed by atoms with Crippen LogP contribution in [0.1, 0.15) is 13.8 Å². The lowest BCUT2D eigenvalue weighted by atomic mass is 10.2. The maximum absolute atomic E-state index is 5.29. The quantitative estimate of drug-likeness (QED) is 0.649. The minimum absolute atomic E-state index is 0.525. The van der Waals surface area contributed by atoms with Gasteiger partial charge in [-0.2, -0.15) is 0 Å². The zero-order valence-corrected chi connectivity index (χ0v) is 7.11. The average molecular weight is 155 g/mol. The second-order valence-corrected chi connectivity index (χ2v) is 2.94. The molecule has 4 nitrogen and oxygen atoms in total. The highest BCUT2D eigenvalue weighted by Crippen LogP contribution is 2.03. The van der Waals surface area contributed by atoms with Crippen molar-refractivity contribution in [2.75, 3.05) is 6.61 Å². The van der Waals surface area contributed by atoms with Gasteiger partial charge in [-0.3, -0.25) is 4.68 Å². The molecule has 62 valence electrons. The van der Waals surface area contributed by atoms with Crippen LogP contribution in [-0.4, -0.2) is 21.6 Å². The first-order valence-corrected chi connectivity index (χ1v) is 3.67. The molecule has 1 rings (SSSR count). The van der Waals surface area contributed by atoms with E-state index in [0.717, 1.165) is 0 Å². The molecule has 0 aromatic carbocycles. The molecule has 0 aliphatic rings. The van der Waals surface area contributed by atoms with Crippen molar-refractivity contribution in [1.82, 2.24) is 15.0 Å². The minimum Gasteiger partial charge on any atom is -0.475 e. The zero-order chi connectivity index (χ0) is 8.27. The van der Waals surface area contributed by atoms with Gasteiger partial charge < -0.3 is 4.74 Å². The van der Waals surface area contributed by atoms with Crippen LogP contribution >= 0.6 is 0 Å². The Hall–Kier alpha value is -1.06. The largest absolute Gasteiger partial charge is 0.475 e. The fourth-order valence-electron chi connectivity index (χ4n) is 0.644. The third-order valence-electron chi connectivity index (χ3n) is 1.15. The maximum atomic E-state index is 5.29. The fraction of sp³-hybridized carbons (Fsp3) is 0.714. The Labute approximate surface area is 66.2 Å². The van der Waals surface area contributed by atoms with Crippen molar-refractivity contribution in [3.8, 4) is 5.88 Å². The van der Waals surface area contributed by atoms with E-state index < -0.39 is 0 Å². The highest BCUT2D eigenvalue weighted by Gasteiger charge is 1.99. The Morgan fingerprint density at radius 1 is 1.64 bits per heavy atom. The van der Waals surface area contributed by atoms with Crippen molar-refractivity contribution in [3.63, 3.8) is 0 Å². The van der Waals surface area contributed by atoms with E-state index >= 15 is 0 Å². The third kappa shape index (κ3) is 2.57. The number of hydrogen-bond donors (Lipinski definition) is 0. The molecule has 0 fully saturated rings. The molecule has 0 N–H and O–H groups in total. The topological polar surface area (TPSA) is 39.9 Å². The summed E-state index contributed by atoms with van der Waals surface area (Å²) in [6.45, 7) is 4.88. The van der Waals surface area contributed by atoms with Gasteiger partial charge in [0.05, 0.1) is 12.8 Å². The molecule has 0 atom stereocenters. The summed E-state index contributed by atoms with van der Waals surface area (Å²) in [5.74, 6) is 1.12. The van der Waals surface area contributed by atoms with E-state index in [1.54, 1.807) is 10.9 Å². The molecule has 11 heavy (non-hydrogen) atoms. The summed E-state index contributed by atoms with van der Waals surface area (Å²) >= 11 is 0. The van der Waals surface area contributed by atoms with E-state index in [-0.39, 0.29) is 0 Å². The molecule has 1 aromatic heterocycles. The van der Waals surface area contributed by atoms with Crippen molar-refractivity contribution in [2.45, 2.75) is 13.8 Å². The molecule has 1 heterocycles. The van der Waals surface area contributed by atoms with Crippen LogP contribution in [0, 0.1) is 5.92 Å². The van der Waals surface area contributed by atoms with Gasteiger partial charge >= 0.3 is 0 Å². The average Bonchev–Trinajstić information content (AvgIpc) is 2.31. The van der Waals surface area contributed by atoms with Crippen molar-refractivity contribution in [2.24, 2.45) is 13.0 Å². The molecule has 0 bridgehead atoms. The van der Waals surface area contributed by atoms with Crippen molar-refractivity contribution in [3.05, 3.63) is 6.20 Å². The van der Waals surface area contributed by atoms with Crippen LogP contribution in [0.25, 0.3) is 0 Å². The third-order valence-corrected chi connectivity index (χ3v) is 1.15. The maximum Gasteiger partial charge on any atom is 0.253 e. The van der Waals surface area contributed by atoms with E-state index in [9.17, 15) is 0 Å². The first-order chi connectivity index (χ1) is 5.18. The van der Waals surface area contributed by atoms with Crippen molar-refractivity contribution in [1.29, 1.82) is 0 Å². The van der Waals surface area contributed by atoms with Gasteiger partial charge in [0.2, 0.25) is 0 Å². The van der Waals surface area contributed by atoms with Crippen LogP contribution in [-0.2, 0) is 7.05 Å². The molecule has 0 radical (unpaired) electrons. The van der Waals surface area contributed by atoms with E-state index in [1.165, 1.54) is 0 Å². The highest BCUT2D eigenvalue weighted by molar-refractivity contribution is 4.98. The lowest BCUT2D eigenvalue weighted by Crippen LogP contribution is -2.04. The zero-order valence-electron chi connectivity index (χ0n) is 7.11. The van der Waals surface area contributed by atoms with E-state index in [0.29, 0.717) is 18.4 Å². The summed E-state index contributed by atoms with van der Waals surface area (Å²) in [5, 5.41) is 7.51.